The number of fused-ring (bicyclic) bond motifs is 1. The molecule has 2 N–H and O–H groups in total. The molecule has 0 spiro atoms. The lowest BCUT2D eigenvalue weighted by Crippen LogP contribution is -2.31. The van der Waals surface area contributed by atoms with Crippen LogP contribution in [0.3, 0.4) is 0 Å². The van der Waals surface area contributed by atoms with Crippen molar-refractivity contribution in [2.24, 2.45) is 7.05 Å². The number of aliphatic hydroxyl groups is 2. The monoisotopic (exact) mass is 247 g/mol. The second kappa shape index (κ2) is 5.80. The first kappa shape index (κ1) is 12.8. The molecular formula is C14H19N2O2+. The van der Waals surface area contributed by atoms with Gasteiger partial charge in [0, 0.05) is 36.3 Å². The maximum atomic E-state index is 9.06. The molecule has 4 heteroatoms. The van der Waals surface area contributed by atoms with E-state index in [1.807, 2.05) is 30.3 Å². The van der Waals surface area contributed by atoms with Gasteiger partial charge in [-0.3, -0.25) is 0 Å². The Balaban J connectivity index is 2.41. The van der Waals surface area contributed by atoms with Crippen LogP contribution in [0.4, 0.5) is 5.69 Å². The Morgan fingerprint density at radius 1 is 1.11 bits per heavy atom. The Bertz CT molecular complexity index is 522. The number of aryl methyl sites for hydroxylation is 1. The van der Waals surface area contributed by atoms with Gasteiger partial charge in [0.2, 0.25) is 5.52 Å². The van der Waals surface area contributed by atoms with Crippen molar-refractivity contribution < 1.29 is 14.8 Å². The van der Waals surface area contributed by atoms with Crippen LogP contribution in [0.25, 0.3) is 10.9 Å². The van der Waals surface area contributed by atoms with Gasteiger partial charge in [0.1, 0.15) is 7.05 Å². The molecule has 18 heavy (non-hydrogen) atoms. The lowest BCUT2D eigenvalue weighted by atomic mass is 10.2. The summed E-state index contributed by atoms with van der Waals surface area (Å²) < 4.78 is 2.06. The zero-order chi connectivity index (χ0) is 13.0. The molecule has 0 radical (unpaired) electrons. The SMILES string of the molecule is C[n+]1cccc2ccc(N(CCO)CCO)cc21. The van der Waals surface area contributed by atoms with E-state index in [1.54, 1.807) is 0 Å². The van der Waals surface area contributed by atoms with E-state index in [4.69, 9.17) is 10.2 Å². The van der Waals surface area contributed by atoms with Crippen LogP contribution in [0, 0.1) is 0 Å². The fourth-order valence-electron chi connectivity index (χ4n) is 2.14. The number of hydrogen-bond donors (Lipinski definition) is 2. The number of aromatic nitrogens is 1. The lowest BCUT2D eigenvalue weighted by molar-refractivity contribution is -0.644. The van der Waals surface area contributed by atoms with Gasteiger partial charge in [0.25, 0.3) is 0 Å². The van der Waals surface area contributed by atoms with E-state index in [1.165, 1.54) is 5.39 Å². The average molecular weight is 247 g/mol. The van der Waals surface area contributed by atoms with E-state index >= 15 is 0 Å². The predicted molar refractivity (Wildman–Crippen MR) is 71.5 cm³/mol. The highest BCUT2D eigenvalue weighted by Gasteiger charge is 2.10. The second-order valence-corrected chi connectivity index (χ2v) is 4.30. The molecule has 0 aliphatic carbocycles. The summed E-state index contributed by atoms with van der Waals surface area (Å²) in [7, 11) is 2.01. The Kier molecular flexibility index (Phi) is 4.12. The van der Waals surface area contributed by atoms with E-state index in [2.05, 4.69) is 22.8 Å². The van der Waals surface area contributed by atoms with Gasteiger partial charge in [-0.15, -0.1) is 0 Å². The van der Waals surface area contributed by atoms with Crippen molar-refractivity contribution >= 4 is 16.6 Å². The van der Waals surface area contributed by atoms with Crippen LogP contribution >= 0.6 is 0 Å². The van der Waals surface area contributed by atoms with Gasteiger partial charge in [-0.2, -0.15) is 0 Å². The van der Waals surface area contributed by atoms with Crippen molar-refractivity contribution in [2.75, 3.05) is 31.2 Å². The number of anilines is 1. The summed E-state index contributed by atoms with van der Waals surface area (Å²) in [6, 6.07) is 10.3. The minimum Gasteiger partial charge on any atom is -0.395 e. The van der Waals surface area contributed by atoms with Gasteiger partial charge in [-0.1, -0.05) is 0 Å². The topological polar surface area (TPSA) is 47.6 Å². The molecule has 4 nitrogen and oxygen atoms in total. The normalized spacial score (nSPS) is 10.8. The first-order chi connectivity index (χ1) is 8.76. The van der Waals surface area contributed by atoms with E-state index in [0.29, 0.717) is 13.1 Å². The molecule has 0 fully saturated rings. The maximum absolute atomic E-state index is 9.06. The highest BCUT2D eigenvalue weighted by molar-refractivity contribution is 5.79. The van der Waals surface area contributed by atoms with Crippen LogP contribution in [-0.4, -0.2) is 36.5 Å². The summed E-state index contributed by atoms with van der Waals surface area (Å²) in [5.74, 6) is 0. The smallest absolute Gasteiger partial charge is 0.214 e. The summed E-state index contributed by atoms with van der Waals surface area (Å²) in [4.78, 5) is 1.98. The van der Waals surface area contributed by atoms with Crippen LogP contribution in [0.5, 0.6) is 0 Å². The number of hydrogen-bond acceptors (Lipinski definition) is 3. The van der Waals surface area contributed by atoms with Gasteiger partial charge < -0.3 is 15.1 Å². The summed E-state index contributed by atoms with van der Waals surface area (Å²) in [6.07, 6.45) is 2.01. The van der Waals surface area contributed by atoms with E-state index < -0.39 is 0 Å². The molecule has 2 rings (SSSR count). The van der Waals surface area contributed by atoms with Crippen molar-refractivity contribution in [1.29, 1.82) is 0 Å². The van der Waals surface area contributed by atoms with Crippen LogP contribution in [0.2, 0.25) is 0 Å². The first-order valence-corrected chi connectivity index (χ1v) is 6.11. The number of nitrogens with zero attached hydrogens (tertiary/aromatic N) is 2. The summed E-state index contributed by atoms with van der Waals surface area (Å²) in [6.45, 7) is 1.23. The van der Waals surface area contributed by atoms with Gasteiger partial charge >= 0.3 is 0 Å². The van der Waals surface area contributed by atoms with Crippen molar-refractivity contribution in [3.8, 4) is 0 Å². The summed E-state index contributed by atoms with van der Waals surface area (Å²) in [5.41, 5.74) is 2.16. The third kappa shape index (κ3) is 2.60. The van der Waals surface area contributed by atoms with Crippen molar-refractivity contribution in [2.45, 2.75) is 0 Å². The molecule has 2 aromatic rings. The Labute approximate surface area is 107 Å². The number of aliphatic hydroxyl groups excluding tert-OH is 2. The quantitative estimate of drug-likeness (QED) is 0.754. The highest BCUT2D eigenvalue weighted by atomic mass is 16.3. The number of benzene rings is 1. The van der Waals surface area contributed by atoms with Gasteiger partial charge in [-0.05, 0) is 18.2 Å². The van der Waals surface area contributed by atoms with Crippen molar-refractivity contribution in [3.05, 3.63) is 36.5 Å². The molecule has 1 aromatic carbocycles. The fourth-order valence-corrected chi connectivity index (χ4v) is 2.14. The predicted octanol–water partition coefficient (Wildman–Crippen LogP) is 0.455. The lowest BCUT2D eigenvalue weighted by Gasteiger charge is -2.22. The van der Waals surface area contributed by atoms with Crippen molar-refractivity contribution in [1.82, 2.24) is 0 Å². The molecule has 0 saturated carbocycles. The Morgan fingerprint density at radius 2 is 1.83 bits per heavy atom. The zero-order valence-corrected chi connectivity index (χ0v) is 10.6. The van der Waals surface area contributed by atoms with Gasteiger partial charge in [0.05, 0.1) is 13.2 Å². The highest BCUT2D eigenvalue weighted by Crippen LogP contribution is 2.19. The Morgan fingerprint density at radius 3 is 2.50 bits per heavy atom. The summed E-state index contributed by atoms with van der Waals surface area (Å²) in [5, 5.41) is 19.3. The molecule has 96 valence electrons. The molecule has 0 aliphatic heterocycles. The molecule has 0 atom stereocenters. The van der Waals surface area contributed by atoms with Crippen LogP contribution in [0.1, 0.15) is 0 Å². The molecule has 1 aromatic heterocycles. The van der Waals surface area contributed by atoms with Crippen LogP contribution in [0.15, 0.2) is 36.5 Å². The third-order valence-corrected chi connectivity index (χ3v) is 3.08. The van der Waals surface area contributed by atoms with Crippen molar-refractivity contribution in [3.63, 3.8) is 0 Å². The maximum Gasteiger partial charge on any atom is 0.214 e. The van der Waals surface area contributed by atoms with E-state index in [9.17, 15) is 0 Å². The second-order valence-electron chi connectivity index (χ2n) is 4.30. The molecule has 0 amide bonds. The zero-order valence-electron chi connectivity index (χ0n) is 10.6. The van der Waals surface area contributed by atoms with Gasteiger partial charge in [-0.25, -0.2) is 4.57 Å². The third-order valence-electron chi connectivity index (χ3n) is 3.08. The fraction of sp³-hybridized carbons (Fsp3) is 0.357. The number of pyridine rings is 1. The molecule has 1 heterocycles. The van der Waals surface area contributed by atoms with Crippen LogP contribution < -0.4 is 9.47 Å². The molecule has 0 unspecified atom stereocenters. The van der Waals surface area contributed by atoms with Gasteiger partial charge in [0.15, 0.2) is 6.20 Å². The first-order valence-electron chi connectivity index (χ1n) is 6.11. The number of rotatable bonds is 5. The molecule has 0 aliphatic rings. The summed E-state index contributed by atoms with van der Waals surface area (Å²) >= 11 is 0. The average Bonchev–Trinajstić information content (AvgIpc) is 2.39. The molecular weight excluding hydrogens is 228 g/mol. The minimum absolute atomic E-state index is 0.0823. The molecule has 0 saturated heterocycles. The molecule has 0 bridgehead atoms. The van der Waals surface area contributed by atoms with Crippen LogP contribution in [-0.2, 0) is 7.05 Å². The minimum atomic E-state index is 0.0823. The standard InChI is InChI=1S/C14H19N2O2/c1-15-6-2-3-12-4-5-13(11-14(12)15)16(7-9-17)8-10-18/h2-6,11,17-18H,7-10H2,1H3/q+1. The Hall–Kier alpha value is -1.65. The van der Waals surface area contributed by atoms with E-state index in [-0.39, 0.29) is 13.2 Å². The van der Waals surface area contributed by atoms with E-state index in [0.717, 1.165) is 11.2 Å². The largest absolute Gasteiger partial charge is 0.395 e.